The summed E-state index contributed by atoms with van der Waals surface area (Å²) < 4.78 is 0. The first kappa shape index (κ1) is 14.0. The van der Waals surface area contributed by atoms with E-state index < -0.39 is 5.38 Å². The summed E-state index contributed by atoms with van der Waals surface area (Å²) in [6, 6.07) is 7.94. The maximum absolute atomic E-state index is 12.1. The first-order valence-electron chi connectivity index (χ1n) is 6.15. The van der Waals surface area contributed by atoms with E-state index in [1.54, 1.807) is 4.90 Å². The van der Waals surface area contributed by atoms with Gasteiger partial charge >= 0.3 is 0 Å². The lowest BCUT2D eigenvalue weighted by Gasteiger charge is -2.21. The van der Waals surface area contributed by atoms with Crippen LogP contribution in [-0.4, -0.2) is 23.9 Å². The van der Waals surface area contributed by atoms with Crippen LogP contribution in [0.25, 0.3) is 0 Å². The number of nitrogens with zero attached hydrogens (tertiary/aromatic N) is 1. The molecule has 17 heavy (non-hydrogen) atoms. The lowest BCUT2D eigenvalue weighted by atomic mass is 10.1. The molecule has 0 radical (unpaired) electrons. The highest BCUT2D eigenvalue weighted by atomic mass is 35.5. The second kappa shape index (κ2) is 6.65. The van der Waals surface area contributed by atoms with E-state index in [4.69, 9.17) is 11.6 Å². The molecule has 0 N–H and O–H groups in total. The number of aryl methyl sites for hydroxylation is 1. The molecule has 0 heterocycles. The molecule has 2 nitrogen and oxygen atoms in total. The third kappa shape index (κ3) is 3.47. The van der Waals surface area contributed by atoms with Crippen LogP contribution in [0.2, 0.25) is 0 Å². The SMILES string of the molecule is CCc1ccc(C(Cl)C(=O)N(CC)CC)cc1. The second-order valence-corrected chi connectivity index (χ2v) is 4.40. The van der Waals surface area contributed by atoms with Gasteiger partial charge in [0.25, 0.3) is 0 Å². The third-order valence-electron chi connectivity index (χ3n) is 2.97. The zero-order chi connectivity index (χ0) is 12.8. The Labute approximate surface area is 109 Å². The standard InChI is InChI=1S/C14H20ClNO/c1-4-11-7-9-12(10-8-11)13(15)14(17)16(5-2)6-3/h7-10,13H,4-6H2,1-3H3. The van der Waals surface area contributed by atoms with Gasteiger partial charge in [-0.05, 0) is 31.4 Å². The third-order valence-corrected chi connectivity index (χ3v) is 3.41. The van der Waals surface area contributed by atoms with E-state index in [9.17, 15) is 4.79 Å². The number of hydrogen-bond acceptors (Lipinski definition) is 1. The number of benzene rings is 1. The summed E-state index contributed by atoms with van der Waals surface area (Å²) in [6.45, 7) is 7.43. The number of carbonyl (C=O) groups excluding carboxylic acids is 1. The monoisotopic (exact) mass is 253 g/mol. The van der Waals surface area contributed by atoms with Crippen molar-refractivity contribution in [1.82, 2.24) is 4.90 Å². The van der Waals surface area contributed by atoms with Gasteiger partial charge in [0.2, 0.25) is 5.91 Å². The van der Waals surface area contributed by atoms with E-state index in [1.807, 2.05) is 38.1 Å². The van der Waals surface area contributed by atoms with Crippen LogP contribution in [-0.2, 0) is 11.2 Å². The summed E-state index contributed by atoms with van der Waals surface area (Å²) in [4.78, 5) is 13.8. The molecule has 0 aromatic heterocycles. The molecule has 0 aliphatic carbocycles. The largest absolute Gasteiger partial charge is 0.342 e. The predicted molar refractivity (Wildman–Crippen MR) is 72.3 cm³/mol. The van der Waals surface area contributed by atoms with Gasteiger partial charge in [-0.1, -0.05) is 31.2 Å². The van der Waals surface area contributed by atoms with Crippen LogP contribution in [0.3, 0.4) is 0 Å². The van der Waals surface area contributed by atoms with Crippen molar-refractivity contribution in [2.24, 2.45) is 0 Å². The van der Waals surface area contributed by atoms with Crippen LogP contribution < -0.4 is 0 Å². The number of likely N-dealkylation sites (N-methyl/N-ethyl adjacent to an activating group) is 1. The van der Waals surface area contributed by atoms with Gasteiger partial charge in [0.05, 0.1) is 0 Å². The van der Waals surface area contributed by atoms with E-state index in [-0.39, 0.29) is 5.91 Å². The molecule has 0 aliphatic rings. The van der Waals surface area contributed by atoms with Gasteiger partial charge in [0.15, 0.2) is 0 Å². The molecular formula is C14H20ClNO. The number of alkyl halides is 1. The molecule has 1 rings (SSSR count). The van der Waals surface area contributed by atoms with E-state index >= 15 is 0 Å². The summed E-state index contributed by atoms with van der Waals surface area (Å²) in [5, 5.41) is -0.569. The van der Waals surface area contributed by atoms with Crippen molar-refractivity contribution in [3.05, 3.63) is 35.4 Å². The summed E-state index contributed by atoms with van der Waals surface area (Å²) in [6.07, 6.45) is 0.997. The zero-order valence-electron chi connectivity index (χ0n) is 10.7. The quantitative estimate of drug-likeness (QED) is 0.737. The minimum absolute atomic E-state index is 0.0130. The topological polar surface area (TPSA) is 20.3 Å². The van der Waals surface area contributed by atoms with E-state index in [0.29, 0.717) is 13.1 Å². The Morgan fingerprint density at radius 2 is 1.71 bits per heavy atom. The van der Waals surface area contributed by atoms with Crippen molar-refractivity contribution >= 4 is 17.5 Å². The normalized spacial score (nSPS) is 12.2. The van der Waals surface area contributed by atoms with Crippen molar-refractivity contribution < 1.29 is 4.79 Å². The molecule has 0 saturated carbocycles. The Balaban J connectivity index is 2.80. The summed E-state index contributed by atoms with van der Waals surface area (Å²) in [7, 11) is 0. The van der Waals surface area contributed by atoms with Gasteiger partial charge in [0, 0.05) is 13.1 Å². The summed E-state index contributed by atoms with van der Waals surface area (Å²) in [5.74, 6) is -0.0130. The van der Waals surface area contributed by atoms with Crippen molar-refractivity contribution in [2.75, 3.05) is 13.1 Å². The van der Waals surface area contributed by atoms with Crippen molar-refractivity contribution in [2.45, 2.75) is 32.6 Å². The molecule has 0 aliphatic heterocycles. The molecule has 1 aromatic rings. The zero-order valence-corrected chi connectivity index (χ0v) is 11.5. The Morgan fingerprint density at radius 1 is 1.18 bits per heavy atom. The molecular weight excluding hydrogens is 234 g/mol. The Kier molecular flexibility index (Phi) is 5.49. The molecule has 0 saturated heterocycles. The number of amides is 1. The second-order valence-electron chi connectivity index (χ2n) is 3.97. The average Bonchev–Trinajstić information content (AvgIpc) is 2.39. The van der Waals surface area contributed by atoms with Gasteiger partial charge < -0.3 is 4.90 Å². The van der Waals surface area contributed by atoms with Crippen molar-refractivity contribution in [3.8, 4) is 0 Å². The van der Waals surface area contributed by atoms with E-state index in [2.05, 4.69) is 6.92 Å². The van der Waals surface area contributed by atoms with Gasteiger partial charge in [-0.3, -0.25) is 4.79 Å². The predicted octanol–water partition coefficient (Wildman–Crippen LogP) is 3.40. The molecule has 94 valence electrons. The smallest absolute Gasteiger partial charge is 0.245 e. The van der Waals surface area contributed by atoms with Crippen LogP contribution in [0.4, 0.5) is 0 Å². The van der Waals surface area contributed by atoms with Gasteiger partial charge in [-0.25, -0.2) is 0 Å². The highest BCUT2D eigenvalue weighted by Crippen LogP contribution is 2.23. The molecule has 0 fully saturated rings. The van der Waals surface area contributed by atoms with Crippen molar-refractivity contribution in [1.29, 1.82) is 0 Å². The Hall–Kier alpha value is -1.02. The Bertz CT molecular complexity index is 357. The van der Waals surface area contributed by atoms with Crippen LogP contribution in [0.5, 0.6) is 0 Å². The number of rotatable bonds is 5. The highest BCUT2D eigenvalue weighted by Gasteiger charge is 2.21. The summed E-state index contributed by atoms with van der Waals surface area (Å²) >= 11 is 6.21. The number of hydrogen-bond donors (Lipinski definition) is 0. The highest BCUT2D eigenvalue weighted by molar-refractivity contribution is 6.30. The molecule has 3 heteroatoms. The molecule has 1 amide bonds. The fourth-order valence-electron chi connectivity index (χ4n) is 1.76. The minimum Gasteiger partial charge on any atom is -0.342 e. The molecule has 0 spiro atoms. The maximum atomic E-state index is 12.1. The first-order chi connectivity index (χ1) is 8.13. The number of halogens is 1. The van der Waals surface area contributed by atoms with Gasteiger partial charge in [-0.15, -0.1) is 11.6 Å². The van der Waals surface area contributed by atoms with Crippen LogP contribution >= 0.6 is 11.6 Å². The molecule has 0 bridgehead atoms. The fraction of sp³-hybridized carbons (Fsp3) is 0.500. The lowest BCUT2D eigenvalue weighted by molar-refractivity contribution is -0.130. The lowest BCUT2D eigenvalue weighted by Crippen LogP contribution is -2.33. The fourth-order valence-corrected chi connectivity index (χ4v) is 2.04. The van der Waals surface area contributed by atoms with Gasteiger partial charge in [-0.2, -0.15) is 0 Å². The van der Waals surface area contributed by atoms with Crippen molar-refractivity contribution in [3.63, 3.8) is 0 Å². The Morgan fingerprint density at radius 3 is 2.12 bits per heavy atom. The first-order valence-corrected chi connectivity index (χ1v) is 6.59. The minimum atomic E-state index is -0.569. The van der Waals surface area contributed by atoms with Crippen LogP contribution in [0.15, 0.2) is 24.3 Å². The van der Waals surface area contributed by atoms with Crippen LogP contribution in [0, 0.1) is 0 Å². The van der Waals surface area contributed by atoms with E-state index in [1.165, 1.54) is 5.56 Å². The molecule has 1 unspecified atom stereocenters. The van der Waals surface area contributed by atoms with Gasteiger partial charge in [0.1, 0.15) is 5.38 Å². The molecule has 1 atom stereocenters. The maximum Gasteiger partial charge on any atom is 0.245 e. The number of carbonyl (C=O) groups is 1. The average molecular weight is 254 g/mol. The summed E-state index contributed by atoms with van der Waals surface area (Å²) in [5.41, 5.74) is 2.13. The molecule has 1 aromatic carbocycles. The van der Waals surface area contributed by atoms with E-state index in [0.717, 1.165) is 12.0 Å². The van der Waals surface area contributed by atoms with Crippen LogP contribution in [0.1, 0.15) is 37.3 Å².